The lowest BCUT2D eigenvalue weighted by molar-refractivity contribution is -0.111. The third-order valence-electron chi connectivity index (χ3n) is 3.15. The monoisotopic (exact) mass is 168 g/mol. The highest BCUT2D eigenvalue weighted by atomic mass is 16.1. The molecule has 1 N–H and O–H groups in total. The first-order valence-electron chi connectivity index (χ1n) is 4.82. The van der Waals surface area contributed by atoms with Crippen LogP contribution in [0.3, 0.4) is 0 Å². The van der Waals surface area contributed by atoms with Crippen LogP contribution in [0.2, 0.25) is 0 Å². The molecule has 2 saturated heterocycles. The number of piperidine rings is 2. The highest BCUT2D eigenvalue weighted by Crippen LogP contribution is 2.25. The van der Waals surface area contributed by atoms with Gasteiger partial charge in [-0.3, -0.25) is 4.79 Å². The summed E-state index contributed by atoms with van der Waals surface area (Å²) < 4.78 is 0. The fraction of sp³-hybridized carbons (Fsp3) is 0.889. The number of carbonyl (C=O) groups excluding carboxylic acids is 1. The molecular weight excluding hydrogens is 152 g/mol. The van der Waals surface area contributed by atoms with E-state index in [-0.39, 0.29) is 0 Å². The van der Waals surface area contributed by atoms with Gasteiger partial charge >= 0.3 is 0 Å². The van der Waals surface area contributed by atoms with Gasteiger partial charge in [-0.05, 0) is 31.7 Å². The Morgan fingerprint density at radius 2 is 2.25 bits per heavy atom. The van der Waals surface area contributed by atoms with Crippen molar-refractivity contribution in [1.29, 1.82) is 0 Å². The Hall–Kier alpha value is -0.570. The summed E-state index contributed by atoms with van der Waals surface area (Å²) in [5.41, 5.74) is 0. The molecule has 2 heterocycles. The number of carbonyl (C=O) groups is 1. The van der Waals surface area contributed by atoms with E-state index in [2.05, 4.69) is 10.2 Å². The van der Waals surface area contributed by atoms with Crippen LogP contribution in [-0.4, -0.2) is 37.0 Å². The van der Waals surface area contributed by atoms with Gasteiger partial charge < -0.3 is 10.2 Å². The Balaban J connectivity index is 1.94. The molecule has 2 rings (SSSR count). The average molecular weight is 168 g/mol. The smallest absolute Gasteiger partial charge is 0.207 e. The number of hydrogen-bond donors (Lipinski definition) is 1. The molecule has 0 radical (unpaired) electrons. The summed E-state index contributed by atoms with van der Waals surface area (Å²) >= 11 is 0. The van der Waals surface area contributed by atoms with Gasteiger partial charge in [0.2, 0.25) is 6.41 Å². The fourth-order valence-electron chi connectivity index (χ4n) is 2.49. The lowest BCUT2D eigenvalue weighted by atomic mass is 9.85. The van der Waals surface area contributed by atoms with Crippen LogP contribution in [0.15, 0.2) is 0 Å². The van der Waals surface area contributed by atoms with E-state index in [1.54, 1.807) is 0 Å². The number of amides is 1. The highest BCUT2D eigenvalue weighted by Gasteiger charge is 2.31. The van der Waals surface area contributed by atoms with Crippen LogP contribution in [0, 0.1) is 5.92 Å². The van der Waals surface area contributed by atoms with Gasteiger partial charge in [-0.1, -0.05) is 0 Å². The van der Waals surface area contributed by atoms with Crippen molar-refractivity contribution in [2.75, 3.05) is 19.6 Å². The van der Waals surface area contributed by atoms with E-state index in [9.17, 15) is 4.79 Å². The van der Waals surface area contributed by atoms with Crippen molar-refractivity contribution < 1.29 is 4.79 Å². The average Bonchev–Trinajstić information content (AvgIpc) is 2.11. The maximum Gasteiger partial charge on any atom is 0.207 e. The van der Waals surface area contributed by atoms with Crippen LogP contribution in [-0.2, 0) is 4.79 Å². The maximum atomic E-state index is 10.3. The van der Waals surface area contributed by atoms with Crippen LogP contribution in [0.5, 0.6) is 0 Å². The molecule has 12 heavy (non-hydrogen) atoms. The maximum absolute atomic E-state index is 10.3. The van der Waals surface area contributed by atoms with Crippen molar-refractivity contribution in [2.45, 2.75) is 25.3 Å². The third kappa shape index (κ3) is 1.46. The molecule has 0 spiro atoms. The molecule has 0 saturated carbocycles. The van der Waals surface area contributed by atoms with Crippen LogP contribution in [0.4, 0.5) is 0 Å². The Bertz CT molecular complexity index is 172. The second kappa shape index (κ2) is 3.44. The molecule has 68 valence electrons. The molecule has 3 nitrogen and oxygen atoms in total. The van der Waals surface area contributed by atoms with Gasteiger partial charge in [-0.15, -0.1) is 0 Å². The van der Waals surface area contributed by atoms with Crippen molar-refractivity contribution in [3.05, 3.63) is 0 Å². The highest BCUT2D eigenvalue weighted by molar-refractivity contribution is 5.46. The largest absolute Gasteiger partial charge is 0.356 e. The number of nitrogens with one attached hydrogen (secondary N) is 1. The molecular formula is C9H16N2O. The summed E-state index contributed by atoms with van der Waals surface area (Å²) in [6, 6.07) is 0.457. The molecule has 3 atom stereocenters. The lowest BCUT2D eigenvalue weighted by Gasteiger charge is -2.42. The molecule has 2 aliphatic heterocycles. The Morgan fingerprint density at radius 3 is 3.08 bits per heavy atom. The Labute approximate surface area is 73.1 Å². The molecule has 2 bridgehead atoms. The molecule has 0 aromatic carbocycles. The summed E-state index contributed by atoms with van der Waals surface area (Å²) in [5.74, 6) is 0.720. The predicted octanol–water partition coefficient (Wildman–Crippen LogP) is 0.217. The SMILES string of the molecule is O=CNC1CCN2CCCC1C2. The molecule has 1 amide bonds. The van der Waals surface area contributed by atoms with E-state index in [1.165, 1.54) is 32.5 Å². The van der Waals surface area contributed by atoms with Gasteiger partial charge in [0.25, 0.3) is 0 Å². The number of hydrogen-bond acceptors (Lipinski definition) is 2. The van der Waals surface area contributed by atoms with Crippen LogP contribution < -0.4 is 5.32 Å². The van der Waals surface area contributed by atoms with E-state index < -0.39 is 0 Å². The van der Waals surface area contributed by atoms with Gasteiger partial charge in [0, 0.05) is 19.1 Å². The van der Waals surface area contributed by atoms with Crippen molar-refractivity contribution in [3.63, 3.8) is 0 Å². The summed E-state index contributed by atoms with van der Waals surface area (Å²) in [4.78, 5) is 12.8. The van der Waals surface area contributed by atoms with Crippen molar-refractivity contribution in [2.24, 2.45) is 5.92 Å². The van der Waals surface area contributed by atoms with Crippen molar-refractivity contribution in [1.82, 2.24) is 10.2 Å². The van der Waals surface area contributed by atoms with E-state index in [4.69, 9.17) is 0 Å². The van der Waals surface area contributed by atoms with Gasteiger partial charge in [-0.2, -0.15) is 0 Å². The first-order valence-corrected chi connectivity index (χ1v) is 4.82. The summed E-state index contributed by atoms with van der Waals surface area (Å²) in [6.45, 7) is 3.64. The van der Waals surface area contributed by atoms with Crippen LogP contribution in [0.25, 0.3) is 0 Å². The number of nitrogens with zero attached hydrogens (tertiary/aromatic N) is 1. The molecule has 2 aliphatic rings. The third-order valence-corrected chi connectivity index (χ3v) is 3.15. The van der Waals surface area contributed by atoms with Crippen LogP contribution >= 0.6 is 0 Å². The normalized spacial score (nSPS) is 40.5. The van der Waals surface area contributed by atoms with Gasteiger partial charge in [-0.25, -0.2) is 0 Å². The van der Waals surface area contributed by atoms with E-state index >= 15 is 0 Å². The molecule has 0 aromatic rings. The lowest BCUT2D eigenvalue weighted by Crippen LogP contribution is -2.51. The zero-order valence-electron chi connectivity index (χ0n) is 7.33. The van der Waals surface area contributed by atoms with E-state index in [0.29, 0.717) is 6.04 Å². The van der Waals surface area contributed by atoms with Crippen molar-refractivity contribution >= 4 is 6.41 Å². The Morgan fingerprint density at radius 1 is 1.33 bits per heavy atom. The minimum Gasteiger partial charge on any atom is -0.356 e. The molecule has 2 fully saturated rings. The zero-order valence-corrected chi connectivity index (χ0v) is 7.33. The molecule has 0 aromatic heterocycles. The zero-order chi connectivity index (χ0) is 8.39. The fourth-order valence-corrected chi connectivity index (χ4v) is 2.49. The van der Waals surface area contributed by atoms with Gasteiger partial charge in [0.15, 0.2) is 0 Å². The molecule has 0 aliphatic carbocycles. The standard InChI is InChI=1S/C9H16N2O/c12-7-10-9-3-5-11-4-1-2-8(9)6-11/h7-9H,1-6H2,(H,10,12). The molecule has 3 unspecified atom stereocenters. The summed E-state index contributed by atoms with van der Waals surface area (Å²) in [6.07, 6.45) is 4.60. The summed E-state index contributed by atoms with van der Waals surface area (Å²) in [5, 5.41) is 2.93. The van der Waals surface area contributed by atoms with E-state index in [1.807, 2.05) is 0 Å². The van der Waals surface area contributed by atoms with Gasteiger partial charge in [0.1, 0.15) is 0 Å². The topological polar surface area (TPSA) is 32.3 Å². The van der Waals surface area contributed by atoms with Crippen LogP contribution in [0.1, 0.15) is 19.3 Å². The number of fused-ring (bicyclic) bond motifs is 2. The second-order valence-corrected chi connectivity index (χ2v) is 3.88. The first kappa shape index (κ1) is 8.05. The first-order chi connectivity index (χ1) is 5.90. The number of rotatable bonds is 2. The van der Waals surface area contributed by atoms with E-state index in [0.717, 1.165) is 18.7 Å². The van der Waals surface area contributed by atoms with Crippen molar-refractivity contribution in [3.8, 4) is 0 Å². The quantitative estimate of drug-likeness (QED) is 0.598. The minimum atomic E-state index is 0.457. The summed E-state index contributed by atoms with van der Waals surface area (Å²) in [7, 11) is 0. The second-order valence-electron chi connectivity index (χ2n) is 3.88. The Kier molecular flexibility index (Phi) is 2.30. The molecule has 3 heteroatoms. The predicted molar refractivity (Wildman–Crippen MR) is 46.8 cm³/mol. The minimum absolute atomic E-state index is 0.457. The van der Waals surface area contributed by atoms with Gasteiger partial charge in [0.05, 0.1) is 0 Å².